The van der Waals surface area contributed by atoms with E-state index in [4.69, 9.17) is 14.2 Å². The van der Waals surface area contributed by atoms with Crippen LogP contribution in [0.15, 0.2) is 54.7 Å². The molecule has 0 aliphatic carbocycles. The smallest absolute Gasteiger partial charge is 0.405 e. The SMILES string of the molecule is COc1cc2nccc(Oc3ccc4c(C(=O)NCC(F)(F)F)cccc4c3F)c2cc1OC. The number of hydrogen-bond donors (Lipinski definition) is 1. The Morgan fingerprint density at radius 2 is 1.65 bits per heavy atom. The maximum Gasteiger partial charge on any atom is 0.405 e. The summed E-state index contributed by atoms with van der Waals surface area (Å²) >= 11 is 0. The summed E-state index contributed by atoms with van der Waals surface area (Å²) in [7, 11) is 2.97. The molecule has 176 valence electrons. The summed E-state index contributed by atoms with van der Waals surface area (Å²) in [5, 5.41) is 2.51. The van der Waals surface area contributed by atoms with E-state index >= 15 is 4.39 Å². The summed E-state index contributed by atoms with van der Waals surface area (Å²) in [6, 6.07) is 11.7. The number of nitrogens with one attached hydrogen (secondary N) is 1. The van der Waals surface area contributed by atoms with Gasteiger partial charge in [-0.05, 0) is 35.7 Å². The monoisotopic (exact) mass is 474 g/mol. The second-order valence-electron chi connectivity index (χ2n) is 7.21. The molecular weight excluding hydrogens is 456 g/mol. The van der Waals surface area contributed by atoms with Gasteiger partial charge in [-0.15, -0.1) is 0 Å². The Kier molecular flexibility index (Phi) is 6.14. The third-order valence-corrected chi connectivity index (χ3v) is 5.08. The molecule has 0 saturated carbocycles. The van der Waals surface area contributed by atoms with Crippen LogP contribution < -0.4 is 19.5 Å². The van der Waals surface area contributed by atoms with E-state index in [1.165, 1.54) is 50.7 Å². The molecule has 4 rings (SSSR count). The highest BCUT2D eigenvalue weighted by Crippen LogP contribution is 2.38. The molecule has 1 heterocycles. The minimum atomic E-state index is -4.56. The number of methoxy groups -OCH3 is 2. The highest BCUT2D eigenvalue weighted by molar-refractivity contribution is 6.07. The number of alkyl halides is 3. The fourth-order valence-corrected chi connectivity index (χ4v) is 3.51. The van der Waals surface area contributed by atoms with Crippen molar-refractivity contribution in [1.82, 2.24) is 10.3 Å². The number of halogens is 4. The van der Waals surface area contributed by atoms with E-state index in [1.807, 2.05) is 0 Å². The van der Waals surface area contributed by atoms with Crippen LogP contribution in [0.5, 0.6) is 23.0 Å². The summed E-state index contributed by atoms with van der Waals surface area (Å²) in [5.41, 5.74) is 0.443. The third-order valence-electron chi connectivity index (χ3n) is 5.08. The number of rotatable bonds is 6. The minimum absolute atomic E-state index is 0.0229. The Bertz CT molecular complexity index is 1390. The molecule has 10 heteroatoms. The van der Waals surface area contributed by atoms with Gasteiger partial charge in [0.2, 0.25) is 0 Å². The predicted molar refractivity (Wildman–Crippen MR) is 117 cm³/mol. The van der Waals surface area contributed by atoms with Gasteiger partial charge in [0.1, 0.15) is 12.3 Å². The van der Waals surface area contributed by atoms with Gasteiger partial charge in [0.15, 0.2) is 23.1 Å². The average Bonchev–Trinajstić information content (AvgIpc) is 2.82. The van der Waals surface area contributed by atoms with Crippen LogP contribution >= 0.6 is 0 Å². The Hall–Kier alpha value is -4.08. The quantitative estimate of drug-likeness (QED) is 0.367. The lowest BCUT2D eigenvalue weighted by Gasteiger charge is -2.14. The van der Waals surface area contributed by atoms with E-state index < -0.39 is 24.4 Å². The van der Waals surface area contributed by atoms with Gasteiger partial charge in [-0.2, -0.15) is 13.2 Å². The van der Waals surface area contributed by atoms with Gasteiger partial charge in [-0.25, -0.2) is 4.39 Å². The number of aromatic nitrogens is 1. The Labute approximate surface area is 191 Å². The van der Waals surface area contributed by atoms with Crippen molar-refractivity contribution in [2.75, 3.05) is 20.8 Å². The summed E-state index contributed by atoms with van der Waals surface area (Å²) in [6.45, 7) is -1.49. The lowest BCUT2D eigenvalue weighted by atomic mass is 10.0. The van der Waals surface area contributed by atoms with Gasteiger partial charge in [-0.3, -0.25) is 9.78 Å². The summed E-state index contributed by atoms with van der Waals surface area (Å²) in [4.78, 5) is 16.5. The Morgan fingerprint density at radius 1 is 0.912 bits per heavy atom. The summed E-state index contributed by atoms with van der Waals surface area (Å²) in [5.74, 6) is -0.675. The van der Waals surface area contributed by atoms with Crippen molar-refractivity contribution in [2.45, 2.75) is 6.18 Å². The number of ether oxygens (including phenoxy) is 3. The third kappa shape index (κ3) is 4.52. The number of carbonyl (C=O) groups is 1. The van der Waals surface area contributed by atoms with Crippen LogP contribution in [0.25, 0.3) is 21.7 Å². The largest absolute Gasteiger partial charge is 0.493 e. The van der Waals surface area contributed by atoms with Crippen LogP contribution in [-0.2, 0) is 0 Å². The van der Waals surface area contributed by atoms with Crippen molar-refractivity contribution in [2.24, 2.45) is 0 Å². The first-order chi connectivity index (χ1) is 16.2. The van der Waals surface area contributed by atoms with E-state index in [9.17, 15) is 18.0 Å². The van der Waals surface area contributed by atoms with Gasteiger partial charge in [0.05, 0.1) is 19.7 Å². The zero-order valence-electron chi connectivity index (χ0n) is 18.0. The van der Waals surface area contributed by atoms with Gasteiger partial charge in [0.25, 0.3) is 5.91 Å². The van der Waals surface area contributed by atoms with E-state index in [1.54, 1.807) is 23.5 Å². The normalized spacial score (nSPS) is 11.5. The molecule has 1 N–H and O–H groups in total. The standard InChI is InChI=1S/C24H18F4N2O4/c1-32-20-10-16-17(11-21(20)33-2)29-9-8-18(16)34-19-7-6-13-14(22(19)25)4-3-5-15(13)23(31)30-12-24(26,27)28/h3-11H,12H2,1-2H3,(H,30,31). The van der Waals surface area contributed by atoms with E-state index in [0.717, 1.165) is 0 Å². The average molecular weight is 474 g/mol. The number of pyridine rings is 1. The Morgan fingerprint density at radius 3 is 2.35 bits per heavy atom. The topological polar surface area (TPSA) is 69.7 Å². The molecule has 0 radical (unpaired) electrons. The summed E-state index contributed by atoms with van der Waals surface area (Å²) in [6.07, 6.45) is -3.07. The number of fused-ring (bicyclic) bond motifs is 2. The molecule has 1 amide bonds. The van der Waals surface area contributed by atoms with Gasteiger partial charge >= 0.3 is 6.18 Å². The highest BCUT2D eigenvalue weighted by Gasteiger charge is 2.28. The Balaban J connectivity index is 1.72. The van der Waals surface area contributed by atoms with Crippen LogP contribution in [0.1, 0.15) is 10.4 Å². The fourth-order valence-electron chi connectivity index (χ4n) is 3.51. The number of nitrogens with zero attached hydrogens (tertiary/aromatic N) is 1. The fraction of sp³-hybridized carbons (Fsp3) is 0.167. The molecule has 1 aromatic heterocycles. The van der Waals surface area contributed by atoms with Crippen molar-refractivity contribution >= 4 is 27.6 Å². The zero-order chi connectivity index (χ0) is 24.5. The van der Waals surface area contributed by atoms with Crippen LogP contribution in [-0.4, -0.2) is 37.8 Å². The first-order valence-electron chi connectivity index (χ1n) is 9.96. The number of amides is 1. The molecule has 4 aromatic rings. The van der Waals surface area contributed by atoms with E-state index in [-0.39, 0.29) is 22.1 Å². The molecule has 0 bridgehead atoms. The molecule has 0 aliphatic rings. The van der Waals surface area contributed by atoms with Crippen LogP contribution in [0.4, 0.5) is 17.6 Å². The number of carbonyl (C=O) groups excluding carboxylic acids is 1. The van der Waals surface area contributed by atoms with E-state index in [2.05, 4.69) is 4.98 Å². The maximum absolute atomic E-state index is 15.3. The van der Waals surface area contributed by atoms with Crippen molar-refractivity contribution in [3.63, 3.8) is 0 Å². The second-order valence-corrected chi connectivity index (χ2v) is 7.21. The first kappa shape index (κ1) is 23.1. The highest BCUT2D eigenvalue weighted by atomic mass is 19.4. The predicted octanol–water partition coefficient (Wildman–Crippen LogP) is 5.63. The second kappa shape index (κ2) is 9.05. The van der Waals surface area contributed by atoms with Crippen LogP contribution in [0, 0.1) is 5.82 Å². The van der Waals surface area contributed by atoms with Crippen LogP contribution in [0.3, 0.4) is 0 Å². The molecule has 0 atom stereocenters. The molecule has 0 fully saturated rings. The van der Waals surface area contributed by atoms with Crippen molar-refractivity contribution in [1.29, 1.82) is 0 Å². The number of benzene rings is 3. The maximum atomic E-state index is 15.3. The first-order valence-corrected chi connectivity index (χ1v) is 9.96. The molecule has 0 saturated heterocycles. The van der Waals surface area contributed by atoms with Crippen molar-refractivity contribution in [3.05, 3.63) is 66.1 Å². The number of hydrogen-bond acceptors (Lipinski definition) is 5. The minimum Gasteiger partial charge on any atom is -0.493 e. The van der Waals surface area contributed by atoms with Crippen molar-refractivity contribution in [3.8, 4) is 23.0 Å². The lowest BCUT2D eigenvalue weighted by Crippen LogP contribution is -2.33. The van der Waals surface area contributed by atoms with E-state index in [0.29, 0.717) is 28.2 Å². The zero-order valence-corrected chi connectivity index (χ0v) is 18.0. The van der Waals surface area contributed by atoms with Crippen LogP contribution in [0.2, 0.25) is 0 Å². The van der Waals surface area contributed by atoms with Crippen molar-refractivity contribution < 1.29 is 36.6 Å². The van der Waals surface area contributed by atoms with Gasteiger partial charge < -0.3 is 19.5 Å². The van der Waals surface area contributed by atoms with Gasteiger partial charge in [-0.1, -0.05) is 12.1 Å². The summed E-state index contributed by atoms with van der Waals surface area (Å²) < 4.78 is 69.1. The molecule has 0 aliphatic heterocycles. The molecular formula is C24H18F4N2O4. The van der Waals surface area contributed by atoms with Gasteiger partial charge in [0, 0.05) is 28.6 Å². The lowest BCUT2D eigenvalue weighted by molar-refractivity contribution is -0.123. The molecule has 0 spiro atoms. The molecule has 34 heavy (non-hydrogen) atoms. The molecule has 3 aromatic carbocycles. The molecule has 6 nitrogen and oxygen atoms in total. The molecule has 0 unspecified atom stereocenters.